The van der Waals surface area contributed by atoms with E-state index < -0.39 is 6.17 Å². The number of amidine groups is 2. The largest absolute Gasteiger partial charge is 0.456 e. The third-order valence-corrected chi connectivity index (χ3v) is 9.58. The van der Waals surface area contributed by atoms with Crippen LogP contribution in [-0.4, -0.2) is 11.7 Å². The van der Waals surface area contributed by atoms with Gasteiger partial charge in [-0.1, -0.05) is 146 Å². The molecule has 1 aliphatic heterocycles. The normalized spacial score (nSPS) is 14.6. The van der Waals surface area contributed by atoms with Crippen LogP contribution in [0.1, 0.15) is 22.9 Å². The maximum Gasteiger partial charge on any atom is 0.170 e. The average molecular weight is 644 g/mol. The lowest BCUT2D eigenvalue weighted by molar-refractivity contribution is 0.668. The monoisotopic (exact) mass is 643 g/mol. The van der Waals surface area contributed by atoms with Crippen LogP contribution in [0.5, 0.6) is 0 Å². The zero-order chi connectivity index (χ0) is 33.0. The van der Waals surface area contributed by atoms with Crippen molar-refractivity contribution >= 4 is 55.5 Å². The number of hydrogen-bond acceptors (Lipinski definition) is 5. The Bertz CT molecular complexity index is 2770. The molecule has 1 aliphatic rings. The minimum Gasteiger partial charge on any atom is -0.456 e. The van der Waals surface area contributed by atoms with Gasteiger partial charge in [0.05, 0.1) is 0 Å². The highest BCUT2D eigenvalue weighted by Crippen LogP contribution is 2.42. The van der Waals surface area contributed by atoms with Gasteiger partial charge in [0, 0.05) is 43.8 Å². The summed E-state index contributed by atoms with van der Waals surface area (Å²) in [6, 6.07) is 56.2. The second-order valence-electron chi connectivity index (χ2n) is 12.5. The van der Waals surface area contributed by atoms with Gasteiger partial charge in [-0.15, -0.1) is 0 Å². The van der Waals surface area contributed by atoms with E-state index >= 15 is 0 Å². The van der Waals surface area contributed by atoms with Crippen LogP contribution in [0, 0.1) is 0 Å². The van der Waals surface area contributed by atoms with Crippen LogP contribution in [0.15, 0.2) is 183 Å². The van der Waals surface area contributed by atoms with Gasteiger partial charge in [-0.2, -0.15) is 0 Å². The van der Waals surface area contributed by atoms with Crippen LogP contribution < -0.4 is 5.32 Å². The number of fused-ring (bicyclic) bond motifs is 6. The number of benzene rings is 7. The Balaban J connectivity index is 1.19. The molecule has 3 heterocycles. The standard InChI is InChI=1S/C45H29N3O2/c1-3-12-28(13-4-1)29-22-24-31(25-23-29)43-46-44(35-18-11-21-39-40(35)33-16-7-9-19-37(33)49-39)48-45(47-43)36-27-26-32(30-14-5-2-6-15-30)42-41(36)34-17-8-10-20-38(34)50-42/h1-27,45H,(H,46,47,48). The fourth-order valence-electron chi connectivity index (χ4n) is 7.21. The first-order valence-electron chi connectivity index (χ1n) is 16.8. The number of furan rings is 2. The van der Waals surface area contributed by atoms with E-state index in [1.165, 1.54) is 5.56 Å². The van der Waals surface area contributed by atoms with Crippen molar-refractivity contribution in [1.29, 1.82) is 0 Å². The van der Waals surface area contributed by atoms with E-state index in [1.54, 1.807) is 0 Å². The molecule has 1 atom stereocenters. The summed E-state index contributed by atoms with van der Waals surface area (Å²) in [5, 5.41) is 7.77. The van der Waals surface area contributed by atoms with Gasteiger partial charge in [-0.25, -0.2) is 9.98 Å². The molecule has 7 aromatic carbocycles. The number of nitrogens with zero attached hydrogens (tertiary/aromatic N) is 2. The fraction of sp³-hybridized carbons (Fsp3) is 0.0222. The summed E-state index contributed by atoms with van der Waals surface area (Å²) in [5.41, 5.74) is 10.7. The first-order chi connectivity index (χ1) is 24.8. The molecule has 0 radical (unpaired) electrons. The van der Waals surface area contributed by atoms with Crippen molar-refractivity contribution in [1.82, 2.24) is 5.32 Å². The van der Waals surface area contributed by atoms with E-state index in [2.05, 4.69) is 115 Å². The van der Waals surface area contributed by atoms with E-state index in [1.807, 2.05) is 54.6 Å². The fourth-order valence-corrected chi connectivity index (χ4v) is 7.21. The molecule has 0 amide bonds. The maximum atomic E-state index is 6.62. The Labute approximate surface area is 287 Å². The van der Waals surface area contributed by atoms with Gasteiger partial charge in [0.2, 0.25) is 0 Å². The van der Waals surface area contributed by atoms with Crippen molar-refractivity contribution in [2.24, 2.45) is 9.98 Å². The summed E-state index contributed by atoms with van der Waals surface area (Å²) < 4.78 is 12.9. The number of para-hydroxylation sites is 2. The van der Waals surface area contributed by atoms with E-state index in [-0.39, 0.29) is 0 Å². The third-order valence-electron chi connectivity index (χ3n) is 9.58. The summed E-state index contributed by atoms with van der Waals surface area (Å²) in [6.07, 6.45) is -0.545. The number of rotatable bonds is 5. The Morgan fingerprint density at radius 1 is 0.400 bits per heavy atom. The predicted molar refractivity (Wildman–Crippen MR) is 204 cm³/mol. The zero-order valence-corrected chi connectivity index (χ0v) is 26.9. The summed E-state index contributed by atoms with van der Waals surface area (Å²) in [7, 11) is 0. The summed E-state index contributed by atoms with van der Waals surface area (Å²) >= 11 is 0. The highest BCUT2D eigenvalue weighted by atomic mass is 16.3. The number of hydrogen-bond donors (Lipinski definition) is 1. The van der Waals surface area contributed by atoms with E-state index in [0.29, 0.717) is 0 Å². The van der Waals surface area contributed by atoms with Crippen LogP contribution in [-0.2, 0) is 0 Å². The lowest BCUT2D eigenvalue weighted by Crippen LogP contribution is -2.36. The molecule has 1 N–H and O–H groups in total. The summed E-state index contributed by atoms with van der Waals surface area (Å²) in [6.45, 7) is 0. The molecule has 0 saturated carbocycles. The van der Waals surface area contributed by atoms with E-state index in [9.17, 15) is 0 Å². The molecule has 0 saturated heterocycles. The van der Waals surface area contributed by atoms with Crippen molar-refractivity contribution < 1.29 is 8.83 Å². The van der Waals surface area contributed by atoms with Crippen molar-refractivity contribution in [2.45, 2.75) is 6.17 Å². The van der Waals surface area contributed by atoms with Crippen LogP contribution in [0.2, 0.25) is 0 Å². The van der Waals surface area contributed by atoms with Gasteiger partial charge in [-0.3, -0.25) is 0 Å². The number of aliphatic imine (C=N–C) groups is 2. The molecule has 50 heavy (non-hydrogen) atoms. The smallest absolute Gasteiger partial charge is 0.170 e. The molecule has 9 aromatic rings. The van der Waals surface area contributed by atoms with Crippen molar-refractivity contribution in [3.63, 3.8) is 0 Å². The topological polar surface area (TPSA) is 63.0 Å². The molecule has 0 bridgehead atoms. The quantitative estimate of drug-likeness (QED) is 0.203. The van der Waals surface area contributed by atoms with Gasteiger partial charge < -0.3 is 14.2 Å². The van der Waals surface area contributed by atoms with Crippen molar-refractivity contribution in [2.75, 3.05) is 0 Å². The summed E-state index contributed by atoms with van der Waals surface area (Å²) in [5.74, 6) is 1.48. The Hall–Kier alpha value is -6.72. The molecule has 5 heteroatoms. The minimum atomic E-state index is -0.545. The molecule has 2 aromatic heterocycles. The van der Waals surface area contributed by atoms with Crippen molar-refractivity contribution in [3.05, 3.63) is 180 Å². The molecule has 0 spiro atoms. The lowest BCUT2D eigenvalue weighted by Gasteiger charge is -2.23. The van der Waals surface area contributed by atoms with Gasteiger partial charge >= 0.3 is 0 Å². The van der Waals surface area contributed by atoms with Crippen LogP contribution in [0.25, 0.3) is 66.1 Å². The SMILES string of the molecule is c1ccc(-c2ccc(C3=NC(c4ccc(-c5ccccc5)c5oc6ccccc6c45)N=C(c4cccc5oc6ccccc6c45)N3)cc2)cc1. The minimum absolute atomic E-state index is 0.545. The van der Waals surface area contributed by atoms with Crippen molar-refractivity contribution in [3.8, 4) is 22.3 Å². The molecule has 236 valence electrons. The molecule has 1 unspecified atom stereocenters. The average Bonchev–Trinajstić information content (AvgIpc) is 3.77. The Morgan fingerprint density at radius 2 is 0.980 bits per heavy atom. The van der Waals surface area contributed by atoms with Gasteiger partial charge in [0.15, 0.2) is 6.17 Å². The van der Waals surface area contributed by atoms with Crippen LogP contribution in [0.3, 0.4) is 0 Å². The zero-order valence-electron chi connectivity index (χ0n) is 26.9. The highest BCUT2D eigenvalue weighted by Gasteiger charge is 2.27. The highest BCUT2D eigenvalue weighted by molar-refractivity contribution is 6.23. The van der Waals surface area contributed by atoms with Gasteiger partial charge in [-0.05, 0) is 34.9 Å². The second-order valence-corrected chi connectivity index (χ2v) is 12.5. The predicted octanol–water partition coefficient (Wildman–Crippen LogP) is 11.3. The van der Waals surface area contributed by atoms with Crippen LogP contribution in [0.4, 0.5) is 0 Å². The maximum absolute atomic E-state index is 6.62. The molecule has 5 nitrogen and oxygen atoms in total. The van der Waals surface area contributed by atoms with E-state index in [4.69, 9.17) is 18.8 Å². The number of nitrogens with one attached hydrogen (secondary N) is 1. The lowest BCUT2D eigenvalue weighted by atomic mass is 9.96. The molecular weight excluding hydrogens is 615 g/mol. The first kappa shape index (κ1) is 28.3. The molecular formula is C45H29N3O2. The Kier molecular flexibility index (Phi) is 6.49. The van der Waals surface area contributed by atoms with Gasteiger partial charge in [0.1, 0.15) is 34.0 Å². The summed E-state index contributed by atoms with van der Waals surface area (Å²) in [4.78, 5) is 10.7. The molecule has 10 rings (SSSR count). The van der Waals surface area contributed by atoms with E-state index in [0.717, 1.165) is 88.9 Å². The first-order valence-corrected chi connectivity index (χ1v) is 16.8. The Morgan fingerprint density at radius 3 is 1.74 bits per heavy atom. The molecule has 0 aliphatic carbocycles. The second kappa shape index (κ2) is 11.5. The third kappa shape index (κ3) is 4.63. The van der Waals surface area contributed by atoms with Gasteiger partial charge in [0.25, 0.3) is 0 Å². The van der Waals surface area contributed by atoms with Crippen LogP contribution >= 0.6 is 0 Å². The molecule has 0 fully saturated rings.